The molecule has 2 amide bonds. The highest BCUT2D eigenvalue weighted by Gasteiger charge is 2.39. The van der Waals surface area contributed by atoms with Gasteiger partial charge in [-0.15, -0.1) is 13.2 Å². The zero-order chi connectivity index (χ0) is 21.9. The van der Waals surface area contributed by atoms with Crippen LogP contribution in [-0.2, 0) is 14.3 Å². The second kappa shape index (κ2) is 8.58. The number of carbonyl (C=O) groups is 2. The number of amides is 2. The van der Waals surface area contributed by atoms with Gasteiger partial charge in [0.15, 0.2) is 0 Å². The van der Waals surface area contributed by atoms with Crippen LogP contribution < -0.4 is 10.1 Å². The third kappa shape index (κ3) is 4.80. The normalized spacial score (nSPS) is 14.5. The first-order valence-corrected chi connectivity index (χ1v) is 8.99. The van der Waals surface area contributed by atoms with Crippen LogP contribution in [0.15, 0.2) is 54.2 Å². The van der Waals surface area contributed by atoms with E-state index in [0.717, 1.165) is 22.6 Å². The number of carbonyl (C=O) groups excluding carboxylic acids is 2. The molecule has 0 saturated heterocycles. The van der Waals surface area contributed by atoms with Gasteiger partial charge in [0.1, 0.15) is 11.4 Å². The molecule has 6 nitrogen and oxygen atoms in total. The summed E-state index contributed by atoms with van der Waals surface area (Å²) in [6.07, 6.45) is -4.80. The van der Waals surface area contributed by atoms with Gasteiger partial charge in [0, 0.05) is 12.8 Å². The summed E-state index contributed by atoms with van der Waals surface area (Å²) in [7, 11) is 1.46. The first kappa shape index (κ1) is 21.4. The van der Waals surface area contributed by atoms with Crippen LogP contribution in [0.2, 0.25) is 0 Å². The molecule has 9 heteroatoms. The number of methoxy groups -OCH3 is 1. The molecular weight excluding hydrogens is 401 g/mol. The fourth-order valence-corrected chi connectivity index (χ4v) is 2.95. The first-order valence-electron chi connectivity index (χ1n) is 8.99. The number of nitrogens with zero attached hydrogens (tertiary/aromatic N) is 1. The monoisotopic (exact) mass is 420 g/mol. The van der Waals surface area contributed by atoms with Crippen molar-refractivity contribution in [3.8, 4) is 5.75 Å². The Morgan fingerprint density at radius 2 is 1.60 bits per heavy atom. The van der Waals surface area contributed by atoms with Crippen LogP contribution in [0.25, 0.3) is 5.57 Å². The molecular formula is C21H19F3N2O4. The fourth-order valence-electron chi connectivity index (χ4n) is 2.95. The molecule has 1 aliphatic heterocycles. The minimum absolute atomic E-state index is 0.0458. The van der Waals surface area contributed by atoms with Crippen molar-refractivity contribution < 1.29 is 32.2 Å². The predicted octanol–water partition coefficient (Wildman–Crippen LogP) is 3.73. The van der Waals surface area contributed by atoms with Crippen LogP contribution in [0.3, 0.4) is 0 Å². The number of rotatable bonds is 7. The topological polar surface area (TPSA) is 67.9 Å². The van der Waals surface area contributed by atoms with Gasteiger partial charge in [0.2, 0.25) is 0 Å². The Morgan fingerprint density at radius 1 is 0.967 bits per heavy atom. The highest BCUT2D eigenvalue weighted by Crippen LogP contribution is 2.31. The molecule has 0 radical (unpaired) electrons. The second-order valence-electron chi connectivity index (χ2n) is 6.57. The number of ether oxygens (including phenoxy) is 2. The molecule has 3 rings (SSSR count). The Labute approximate surface area is 170 Å². The number of anilines is 1. The van der Waals surface area contributed by atoms with E-state index < -0.39 is 23.9 Å². The van der Waals surface area contributed by atoms with Gasteiger partial charge >= 0.3 is 6.36 Å². The standard InChI is InChI=1S/C21H19F3N2O4/c1-13-3-5-14(6-4-13)17-18(20(28)26(19(17)27)11-12-29-2)25-15-7-9-16(10-8-15)30-21(22,23)24/h3-10,25H,11-12H2,1-2H3. The highest BCUT2D eigenvalue weighted by molar-refractivity contribution is 6.36. The number of imide groups is 1. The minimum Gasteiger partial charge on any atom is -0.406 e. The average molecular weight is 420 g/mol. The number of halogens is 3. The lowest BCUT2D eigenvalue weighted by molar-refractivity contribution is -0.274. The van der Waals surface area contributed by atoms with Crippen LogP contribution in [0.1, 0.15) is 11.1 Å². The van der Waals surface area contributed by atoms with Crippen molar-refractivity contribution in [3.63, 3.8) is 0 Å². The SMILES string of the molecule is COCCN1C(=O)C(Nc2ccc(OC(F)(F)F)cc2)=C(c2ccc(C)cc2)C1=O. The van der Waals surface area contributed by atoms with E-state index in [2.05, 4.69) is 10.1 Å². The number of hydrogen-bond acceptors (Lipinski definition) is 5. The van der Waals surface area contributed by atoms with Crippen molar-refractivity contribution in [3.05, 3.63) is 65.4 Å². The van der Waals surface area contributed by atoms with E-state index in [1.54, 1.807) is 12.1 Å². The maximum Gasteiger partial charge on any atom is 0.573 e. The van der Waals surface area contributed by atoms with Gasteiger partial charge in [-0.05, 0) is 36.8 Å². The second-order valence-corrected chi connectivity index (χ2v) is 6.57. The fraction of sp³-hybridized carbons (Fsp3) is 0.238. The van der Waals surface area contributed by atoms with E-state index in [-0.39, 0.29) is 24.4 Å². The summed E-state index contributed by atoms with van der Waals surface area (Å²) < 4.78 is 45.8. The van der Waals surface area contributed by atoms with Crippen molar-refractivity contribution in [2.24, 2.45) is 0 Å². The quantitative estimate of drug-likeness (QED) is 0.692. The lowest BCUT2D eigenvalue weighted by atomic mass is 10.0. The summed E-state index contributed by atoms with van der Waals surface area (Å²) in [5.74, 6) is -1.40. The molecule has 2 aromatic rings. The van der Waals surface area contributed by atoms with Crippen LogP contribution >= 0.6 is 0 Å². The Hall–Kier alpha value is -3.33. The van der Waals surface area contributed by atoms with Crippen LogP contribution in [0.4, 0.5) is 18.9 Å². The van der Waals surface area contributed by atoms with E-state index in [0.29, 0.717) is 11.3 Å². The Kier molecular flexibility index (Phi) is 6.12. The maximum atomic E-state index is 12.9. The van der Waals surface area contributed by atoms with E-state index in [1.807, 2.05) is 19.1 Å². The lowest BCUT2D eigenvalue weighted by Crippen LogP contribution is -2.35. The zero-order valence-corrected chi connectivity index (χ0v) is 16.2. The molecule has 30 heavy (non-hydrogen) atoms. The largest absolute Gasteiger partial charge is 0.573 e. The molecule has 0 aromatic heterocycles. The smallest absolute Gasteiger partial charge is 0.406 e. The van der Waals surface area contributed by atoms with Crippen LogP contribution in [-0.4, -0.2) is 43.3 Å². The van der Waals surface area contributed by atoms with E-state index >= 15 is 0 Å². The van der Waals surface area contributed by atoms with Gasteiger partial charge in [-0.3, -0.25) is 14.5 Å². The lowest BCUT2D eigenvalue weighted by Gasteiger charge is -2.14. The third-order valence-corrected chi connectivity index (χ3v) is 4.38. The Morgan fingerprint density at radius 3 is 2.17 bits per heavy atom. The molecule has 0 bridgehead atoms. The first-order chi connectivity index (χ1) is 14.2. The highest BCUT2D eigenvalue weighted by atomic mass is 19.4. The van der Waals surface area contributed by atoms with Gasteiger partial charge in [-0.25, -0.2) is 0 Å². The summed E-state index contributed by atoms with van der Waals surface area (Å²) in [6.45, 7) is 2.15. The molecule has 2 aromatic carbocycles. The molecule has 0 fully saturated rings. The van der Waals surface area contributed by atoms with E-state index in [4.69, 9.17) is 4.74 Å². The number of nitrogens with one attached hydrogen (secondary N) is 1. The van der Waals surface area contributed by atoms with E-state index in [1.165, 1.54) is 19.2 Å². The van der Waals surface area contributed by atoms with Gasteiger partial charge in [-0.2, -0.15) is 0 Å². The van der Waals surface area contributed by atoms with Crippen LogP contribution in [0, 0.1) is 6.92 Å². The van der Waals surface area contributed by atoms with Gasteiger partial charge < -0.3 is 14.8 Å². The number of benzene rings is 2. The van der Waals surface area contributed by atoms with Crippen molar-refractivity contribution >= 4 is 23.1 Å². The summed E-state index contributed by atoms with van der Waals surface area (Å²) in [5, 5.41) is 2.87. The van der Waals surface area contributed by atoms with Crippen molar-refractivity contribution in [1.29, 1.82) is 0 Å². The molecule has 0 spiro atoms. The minimum atomic E-state index is -4.80. The molecule has 1 heterocycles. The number of alkyl halides is 3. The van der Waals surface area contributed by atoms with Gasteiger partial charge in [0.25, 0.3) is 11.8 Å². The molecule has 0 atom stereocenters. The molecule has 0 saturated carbocycles. The average Bonchev–Trinajstić information content (AvgIpc) is 2.91. The molecule has 1 aliphatic rings. The van der Waals surface area contributed by atoms with Crippen molar-refractivity contribution in [2.75, 3.05) is 25.6 Å². The van der Waals surface area contributed by atoms with Gasteiger partial charge in [0.05, 0.1) is 18.7 Å². The van der Waals surface area contributed by atoms with Crippen molar-refractivity contribution in [2.45, 2.75) is 13.3 Å². The Bertz CT molecular complexity index is 967. The summed E-state index contributed by atoms with van der Waals surface area (Å²) in [4.78, 5) is 26.9. The predicted molar refractivity (Wildman–Crippen MR) is 103 cm³/mol. The van der Waals surface area contributed by atoms with Crippen molar-refractivity contribution in [1.82, 2.24) is 4.90 Å². The molecule has 0 unspecified atom stereocenters. The Balaban J connectivity index is 1.93. The summed E-state index contributed by atoms with van der Waals surface area (Å²) in [6, 6.07) is 12.0. The van der Waals surface area contributed by atoms with Gasteiger partial charge in [-0.1, -0.05) is 29.8 Å². The molecule has 158 valence electrons. The summed E-state index contributed by atoms with van der Waals surface area (Å²) in [5.41, 5.74) is 2.11. The number of aryl methyl sites for hydroxylation is 1. The summed E-state index contributed by atoms with van der Waals surface area (Å²) >= 11 is 0. The molecule has 0 aliphatic carbocycles. The van der Waals surface area contributed by atoms with Crippen LogP contribution in [0.5, 0.6) is 5.75 Å². The third-order valence-electron chi connectivity index (χ3n) is 4.38. The zero-order valence-electron chi connectivity index (χ0n) is 16.2. The molecule has 1 N–H and O–H groups in total. The maximum absolute atomic E-state index is 12.9. The van der Waals surface area contributed by atoms with E-state index in [9.17, 15) is 22.8 Å². The number of hydrogen-bond donors (Lipinski definition) is 1.